The van der Waals surface area contributed by atoms with Crippen LogP contribution in [-0.2, 0) is 39.8 Å². The number of halogens is 1. The Morgan fingerprint density at radius 1 is 0.548 bits per heavy atom. The van der Waals surface area contributed by atoms with Crippen molar-refractivity contribution < 1.29 is 42.5 Å². The normalized spacial score (nSPS) is 10.2. The molecule has 0 heterocycles. The highest BCUT2D eigenvalue weighted by molar-refractivity contribution is 5.90. The van der Waals surface area contributed by atoms with Crippen molar-refractivity contribution >= 4 is 36.0 Å². The first kappa shape index (κ1) is 46.5. The highest BCUT2D eigenvalue weighted by Gasteiger charge is 2.25. The van der Waals surface area contributed by atoms with E-state index in [1.165, 1.54) is 26.4 Å². The molecule has 62 heavy (non-hydrogen) atoms. The monoisotopic (exact) mass is 826 g/mol. The average molecular weight is 827 g/mol. The molecule has 0 saturated carbocycles. The summed E-state index contributed by atoms with van der Waals surface area (Å²) in [5.41, 5.74) is 5.40. The van der Waals surface area contributed by atoms with Crippen molar-refractivity contribution in [1.29, 1.82) is 0 Å². The van der Waals surface area contributed by atoms with Crippen LogP contribution in [0, 0.1) is 48.3 Å². The standard InChI is InChI=1S/C53H43FO8/c1-34(2)50(55)59-31-28-43-20-16-40(17-21-43)11-10-39-12-14-41(15-13-39)24-26-45-38(9)48(54)47(27-25-42-18-22-44(23-19-42)29-32-60-51(56)35(3)4)49(62-53(58)37(7)8)46(45)30-33-61-52(57)36(5)6/h12-23,28-29,31-32H,1,3,5,7,30,33H2,2,4,6,8-9H3. The van der Waals surface area contributed by atoms with Gasteiger partial charge in [-0.2, -0.15) is 0 Å². The predicted molar refractivity (Wildman–Crippen MR) is 238 cm³/mol. The topological polar surface area (TPSA) is 105 Å². The number of carbonyl (C=O) groups excluding carboxylic acids is 4. The maximum Gasteiger partial charge on any atom is 0.338 e. The third-order valence-electron chi connectivity index (χ3n) is 8.49. The molecule has 0 unspecified atom stereocenters. The fourth-order valence-corrected chi connectivity index (χ4v) is 5.02. The molecule has 0 N–H and O–H groups in total. The lowest BCUT2D eigenvalue weighted by molar-refractivity contribution is -0.139. The molecule has 0 aliphatic heterocycles. The number of esters is 4. The lowest BCUT2D eigenvalue weighted by Gasteiger charge is -2.18. The maximum absolute atomic E-state index is 16.5. The van der Waals surface area contributed by atoms with Crippen molar-refractivity contribution in [2.75, 3.05) is 6.61 Å². The Bertz CT molecular complexity index is 2710. The zero-order chi connectivity index (χ0) is 45.3. The molecule has 0 spiro atoms. The SMILES string of the molecule is C=C(C)C(=O)OC=Cc1ccc(C#Cc2ccc(C#Cc3c(C)c(F)c(C#Cc4ccc(C=COC(=O)C(=C)C)cc4)c(OC(=O)C(=C)C)c3CCOC(=O)C(=C)C)cc2)cc1. The van der Waals surface area contributed by atoms with Crippen molar-refractivity contribution in [2.45, 2.75) is 41.0 Å². The highest BCUT2D eigenvalue weighted by atomic mass is 19.1. The zero-order valence-corrected chi connectivity index (χ0v) is 35.1. The molecule has 0 aromatic heterocycles. The van der Waals surface area contributed by atoms with E-state index in [0.717, 1.165) is 16.7 Å². The second kappa shape index (κ2) is 22.3. The number of hydrogen-bond donors (Lipinski definition) is 0. The van der Waals surface area contributed by atoms with Crippen LogP contribution < -0.4 is 4.74 Å². The van der Waals surface area contributed by atoms with Crippen LogP contribution in [0.5, 0.6) is 5.75 Å². The molecule has 0 aliphatic carbocycles. The van der Waals surface area contributed by atoms with Crippen LogP contribution in [0.15, 0.2) is 134 Å². The summed E-state index contributed by atoms with van der Waals surface area (Å²) in [6.45, 7) is 21.8. The summed E-state index contributed by atoms with van der Waals surface area (Å²) in [5, 5.41) is 0. The number of hydrogen-bond acceptors (Lipinski definition) is 8. The van der Waals surface area contributed by atoms with Gasteiger partial charge in [0, 0.05) is 67.7 Å². The summed E-state index contributed by atoms with van der Waals surface area (Å²) in [6.07, 6.45) is 5.79. The van der Waals surface area contributed by atoms with Crippen LogP contribution in [0.4, 0.5) is 4.39 Å². The van der Waals surface area contributed by atoms with Crippen LogP contribution in [0.1, 0.15) is 83.3 Å². The molecular formula is C53H43FO8. The van der Waals surface area contributed by atoms with E-state index in [9.17, 15) is 19.2 Å². The Labute approximate surface area is 361 Å². The molecule has 9 heteroatoms. The minimum atomic E-state index is -0.815. The number of benzene rings is 4. The molecule has 0 radical (unpaired) electrons. The van der Waals surface area contributed by atoms with E-state index in [-0.39, 0.29) is 52.2 Å². The summed E-state index contributed by atoms with van der Waals surface area (Å²) in [5.74, 6) is 14.7. The lowest BCUT2D eigenvalue weighted by Crippen LogP contribution is -2.16. The van der Waals surface area contributed by atoms with E-state index in [1.807, 2.05) is 24.3 Å². The molecule has 0 bridgehead atoms. The Morgan fingerprint density at radius 3 is 1.32 bits per heavy atom. The Balaban J connectivity index is 1.69. The highest BCUT2D eigenvalue weighted by Crippen LogP contribution is 2.34. The van der Waals surface area contributed by atoms with Gasteiger partial charge in [-0.25, -0.2) is 23.6 Å². The fraction of sp³-hybridized carbons (Fsp3) is 0.132. The molecule has 4 aromatic carbocycles. The number of ether oxygens (including phenoxy) is 4. The first-order valence-electron chi connectivity index (χ1n) is 19.0. The number of rotatable bonds is 12. The minimum absolute atomic E-state index is 0.0110. The van der Waals surface area contributed by atoms with Crippen molar-refractivity contribution in [2.24, 2.45) is 0 Å². The van der Waals surface area contributed by atoms with E-state index >= 15 is 4.39 Å². The van der Waals surface area contributed by atoms with E-state index in [2.05, 4.69) is 61.8 Å². The largest absolute Gasteiger partial charge is 0.462 e. The van der Waals surface area contributed by atoms with Crippen LogP contribution in [-0.4, -0.2) is 30.5 Å². The van der Waals surface area contributed by atoms with E-state index < -0.39 is 29.7 Å². The molecule has 0 amide bonds. The predicted octanol–water partition coefficient (Wildman–Crippen LogP) is 9.66. The second-order valence-corrected chi connectivity index (χ2v) is 13.9. The minimum Gasteiger partial charge on any atom is -0.462 e. The second-order valence-electron chi connectivity index (χ2n) is 13.9. The lowest BCUT2D eigenvalue weighted by atomic mass is 9.93. The summed E-state index contributed by atoms with van der Waals surface area (Å²) < 4.78 is 37.6. The summed E-state index contributed by atoms with van der Waals surface area (Å²) in [7, 11) is 0. The summed E-state index contributed by atoms with van der Waals surface area (Å²) in [6, 6.07) is 21.4. The molecule has 0 aliphatic rings. The van der Waals surface area contributed by atoms with Crippen molar-refractivity contribution in [3.8, 4) is 41.3 Å². The van der Waals surface area contributed by atoms with Crippen LogP contribution in [0.25, 0.3) is 12.2 Å². The Morgan fingerprint density at radius 2 is 0.919 bits per heavy atom. The zero-order valence-electron chi connectivity index (χ0n) is 35.1. The summed E-state index contributed by atoms with van der Waals surface area (Å²) >= 11 is 0. The summed E-state index contributed by atoms with van der Waals surface area (Å²) in [4.78, 5) is 48.6. The van der Waals surface area contributed by atoms with Gasteiger partial charge in [0.2, 0.25) is 0 Å². The molecule has 0 saturated heterocycles. The van der Waals surface area contributed by atoms with E-state index in [0.29, 0.717) is 27.8 Å². The van der Waals surface area contributed by atoms with Gasteiger partial charge in [0.25, 0.3) is 0 Å². The Hall–Kier alpha value is -8.19. The van der Waals surface area contributed by atoms with Gasteiger partial charge >= 0.3 is 23.9 Å². The quantitative estimate of drug-likeness (QED) is 0.0348. The van der Waals surface area contributed by atoms with Gasteiger partial charge in [0.15, 0.2) is 5.75 Å². The first-order chi connectivity index (χ1) is 29.5. The third-order valence-corrected chi connectivity index (χ3v) is 8.49. The Kier molecular flexibility index (Phi) is 16.7. The molecule has 4 rings (SSSR count). The van der Waals surface area contributed by atoms with Gasteiger partial charge in [-0.3, -0.25) is 0 Å². The van der Waals surface area contributed by atoms with Crippen LogP contribution in [0.2, 0.25) is 0 Å². The molecule has 310 valence electrons. The third kappa shape index (κ3) is 13.7. The molecule has 4 aromatic rings. The average Bonchev–Trinajstić information content (AvgIpc) is 3.25. The maximum atomic E-state index is 16.5. The van der Waals surface area contributed by atoms with Crippen molar-refractivity contribution in [3.63, 3.8) is 0 Å². The van der Waals surface area contributed by atoms with Gasteiger partial charge in [0.1, 0.15) is 11.4 Å². The molecule has 0 fully saturated rings. The van der Waals surface area contributed by atoms with Gasteiger partial charge in [-0.1, -0.05) is 86.1 Å². The molecular weight excluding hydrogens is 784 g/mol. The van der Waals surface area contributed by atoms with Gasteiger partial charge in [-0.15, -0.1) is 0 Å². The van der Waals surface area contributed by atoms with Crippen LogP contribution in [0.3, 0.4) is 0 Å². The van der Waals surface area contributed by atoms with E-state index in [4.69, 9.17) is 18.9 Å². The van der Waals surface area contributed by atoms with Crippen molar-refractivity contribution in [3.05, 3.63) is 195 Å². The fourth-order valence-electron chi connectivity index (χ4n) is 5.02. The smallest absolute Gasteiger partial charge is 0.338 e. The van der Waals surface area contributed by atoms with E-state index in [1.54, 1.807) is 81.5 Å². The van der Waals surface area contributed by atoms with Gasteiger partial charge in [0.05, 0.1) is 19.1 Å². The van der Waals surface area contributed by atoms with Gasteiger partial charge in [-0.05, 0) is 106 Å². The molecule has 0 atom stereocenters. The van der Waals surface area contributed by atoms with Crippen LogP contribution >= 0.6 is 0 Å². The van der Waals surface area contributed by atoms with Gasteiger partial charge < -0.3 is 18.9 Å². The van der Waals surface area contributed by atoms with Crippen molar-refractivity contribution in [1.82, 2.24) is 0 Å². The number of carbonyl (C=O) groups is 4. The molecule has 8 nitrogen and oxygen atoms in total. The first-order valence-corrected chi connectivity index (χ1v) is 19.0.